The Bertz CT molecular complexity index is 1600. The summed E-state index contributed by atoms with van der Waals surface area (Å²) in [6, 6.07) is -0.810. The number of amides is 1. The molecule has 7 unspecified atom stereocenters. The summed E-state index contributed by atoms with van der Waals surface area (Å²) >= 11 is 0. The van der Waals surface area contributed by atoms with Gasteiger partial charge in [0.1, 0.15) is 24.4 Å². The van der Waals surface area contributed by atoms with Gasteiger partial charge in [-0.2, -0.15) is 0 Å². The molecule has 0 aliphatic carbocycles. The van der Waals surface area contributed by atoms with E-state index < -0.39 is 49.5 Å². The summed E-state index contributed by atoms with van der Waals surface area (Å²) in [6.45, 7) is 4.30. The third-order valence-electron chi connectivity index (χ3n) is 16.8. The predicted molar refractivity (Wildman–Crippen MR) is 357 cm³/mol. The van der Waals surface area contributed by atoms with Crippen LogP contribution in [0, 0.1) is 0 Å². The van der Waals surface area contributed by atoms with Crippen molar-refractivity contribution in [1.82, 2.24) is 5.32 Å². The van der Waals surface area contributed by atoms with Crippen LogP contribution < -0.4 is 5.32 Å². The molecule has 0 bridgehead atoms. The highest BCUT2D eigenvalue weighted by Crippen LogP contribution is 2.23. The number of rotatable bonds is 63. The number of aliphatic hydroxyl groups excluding tert-OH is 5. The van der Waals surface area contributed by atoms with Crippen molar-refractivity contribution < 1.29 is 49.3 Å². The molecule has 11 heteroatoms. The summed E-state index contributed by atoms with van der Waals surface area (Å²) < 4.78 is 16.7. The Morgan fingerprint density at radius 2 is 0.788 bits per heavy atom. The minimum atomic E-state index is -1.57. The Morgan fingerprint density at radius 3 is 1.21 bits per heavy atom. The van der Waals surface area contributed by atoms with Gasteiger partial charge in [-0.05, 0) is 96.3 Å². The topological polar surface area (TPSA) is 175 Å². The molecular formula is C74H135NO10. The number of nitrogens with one attached hydrogen (secondary N) is 1. The first kappa shape index (κ1) is 80.4. The molecule has 1 amide bonds. The molecule has 0 saturated carbocycles. The number of esters is 1. The van der Waals surface area contributed by atoms with Crippen molar-refractivity contribution in [2.45, 2.75) is 378 Å². The Hall–Kier alpha value is -2.64. The molecule has 85 heavy (non-hydrogen) atoms. The predicted octanol–water partition coefficient (Wildman–Crippen LogP) is 18.5. The lowest BCUT2D eigenvalue weighted by Gasteiger charge is -2.40. The van der Waals surface area contributed by atoms with Gasteiger partial charge in [0.25, 0.3) is 0 Å². The summed E-state index contributed by atoms with van der Waals surface area (Å²) in [5, 5.41) is 54.3. The van der Waals surface area contributed by atoms with Crippen molar-refractivity contribution in [2.24, 2.45) is 0 Å². The molecule has 1 fully saturated rings. The molecule has 0 radical (unpaired) electrons. The third-order valence-corrected chi connectivity index (χ3v) is 16.8. The summed E-state index contributed by atoms with van der Waals surface area (Å²) in [7, 11) is 0. The molecule has 1 aliphatic heterocycles. The van der Waals surface area contributed by atoms with E-state index in [-0.39, 0.29) is 18.5 Å². The van der Waals surface area contributed by atoms with Crippen LogP contribution in [0.5, 0.6) is 0 Å². The van der Waals surface area contributed by atoms with Gasteiger partial charge in [-0.25, -0.2) is 0 Å². The number of hydrogen-bond acceptors (Lipinski definition) is 10. The molecule has 0 aromatic carbocycles. The molecule has 0 aromatic heterocycles. The maximum absolute atomic E-state index is 13.0. The summed E-state index contributed by atoms with van der Waals surface area (Å²) in [5.41, 5.74) is 0. The van der Waals surface area contributed by atoms with E-state index in [9.17, 15) is 35.1 Å². The molecule has 1 heterocycles. The van der Waals surface area contributed by atoms with Crippen molar-refractivity contribution >= 4 is 11.9 Å². The van der Waals surface area contributed by atoms with E-state index in [1.807, 2.05) is 6.08 Å². The summed E-state index contributed by atoms with van der Waals surface area (Å²) in [4.78, 5) is 25.1. The summed E-state index contributed by atoms with van der Waals surface area (Å²) in [6.07, 6.45) is 73.7. The molecule has 1 aliphatic rings. The average Bonchev–Trinajstić information content (AvgIpc) is 3.49. The zero-order valence-electron chi connectivity index (χ0n) is 55.1. The van der Waals surface area contributed by atoms with Gasteiger partial charge in [-0.15, -0.1) is 0 Å². The van der Waals surface area contributed by atoms with E-state index in [0.717, 1.165) is 70.6 Å². The van der Waals surface area contributed by atoms with E-state index in [2.05, 4.69) is 67.8 Å². The smallest absolute Gasteiger partial charge is 0.305 e. The minimum absolute atomic E-state index is 0.000668. The second-order valence-corrected chi connectivity index (χ2v) is 24.9. The largest absolute Gasteiger partial charge is 0.466 e. The molecule has 1 rings (SSSR count). The van der Waals surface area contributed by atoms with Gasteiger partial charge in [0.15, 0.2) is 6.29 Å². The molecular weight excluding hydrogens is 1060 g/mol. The number of carbonyl (C=O) groups excluding carboxylic acids is 2. The van der Waals surface area contributed by atoms with Crippen LogP contribution in [0.1, 0.15) is 335 Å². The maximum Gasteiger partial charge on any atom is 0.305 e. The van der Waals surface area contributed by atoms with Crippen LogP contribution in [0.4, 0.5) is 0 Å². The van der Waals surface area contributed by atoms with Crippen LogP contribution in [0.15, 0.2) is 60.8 Å². The highest BCUT2D eigenvalue weighted by Gasteiger charge is 2.44. The van der Waals surface area contributed by atoms with Crippen molar-refractivity contribution in [3.63, 3.8) is 0 Å². The molecule has 11 nitrogen and oxygen atoms in total. The number of hydrogen-bond donors (Lipinski definition) is 6. The molecule has 6 N–H and O–H groups in total. The first-order valence-electron chi connectivity index (χ1n) is 36.1. The SMILES string of the molecule is CCCCC/C=C\C/C=C\CCCCCCCCCCCC(=O)OCCCCCCCCCCC/C=C\C/C=C\CCCCCCCCCCCCCCCC(=O)NC(COC1OC(CO)C(O)C(O)C1O)C(O)/C=C/CCCCCCCCC. The maximum atomic E-state index is 13.0. The van der Waals surface area contributed by atoms with Crippen molar-refractivity contribution in [2.75, 3.05) is 19.8 Å². The quantitative estimate of drug-likeness (QED) is 0.0195. The zero-order chi connectivity index (χ0) is 61.6. The molecule has 0 aromatic rings. The standard InChI is InChI=1S/C74H135NO10/c1-3-5-7-9-11-13-14-15-16-17-29-33-36-39-42-46-50-54-58-62-70(79)83-63-59-55-51-47-43-40-37-34-31-28-26-24-22-20-18-19-21-23-25-27-30-32-35-38-41-45-49-53-57-61-69(78)75-66(67(77)60-56-52-48-44-12-10-8-6-4-2)65-84-74-73(82)72(81)71(80)68(64-76)85-74/h11,13,15-16,18,20,24,26,56,60,66-68,71-74,76-77,80-82H,3-10,12,14,17,19,21-23,25,27-55,57-59,61-65H2,1-2H3,(H,75,78)/b13-11-,16-15-,20-18-,26-24-,60-56+. The van der Waals surface area contributed by atoms with Gasteiger partial charge in [-0.3, -0.25) is 9.59 Å². The van der Waals surface area contributed by atoms with Crippen molar-refractivity contribution in [3.05, 3.63) is 60.8 Å². The Kier molecular flexibility index (Phi) is 59.5. The highest BCUT2D eigenvalue weighted by molar-refractivity contribution is 5.76. The average molecular weight is 1200 g/mol. The highest BCUT2D eigenvalue weighted by atomic mass is 16.7. The summed E-state index contributed by atoms with van der Waals surface area (Å²) in [5.74, 6) is -0.185. The fourth-order valence-corrected chi connectivity index (χ4v) is 11.1. The number of aliphatic hydroxyl groups is 5. The Labute approximate surface area is 522 Å². The van der Waals surface area contributed by atoms with Crippen LogP contribution in [-0.4, -0.2) is 100 Å². The molecule has 496 valence electrons. The van der Waals surface area contributed by atoms with E-state index in [1.54, 1.807) is 6.08 Å². The number of ether oxygens (including phenoxy) is 3. The van der Waals surface area contributed by atoms with Gasteiger partial charge in [-0.1, -0.05) is 286 Å². The normalized spacial score (nSPS) is 18.3. The first-order chi connectivity index (χ1) is 41.7. The first-order valence-corrected chi connectivity index (χ1v) is 36.1. The van der Waals surface area contributed by atoms with Crippen LogP contribution in [0.25, 0.3) is 0 Å². The lowest BCUT2D eigenvalue weighted by atomic mass is 9.99. The molecule has 0 spiro atoms. The number of unbranched alkanes of at least 4 members (excludes halogenated alkanes) is 41. The second-order valence-electron chi connectivity index (χ2n) is 24.9. The zero-order valence-corrected chi connectivity index (χ0v) is 55.1. The Balaban J connectivity index is 1.92. The second kappa shape index (κ2) is 62.9. The van der Waals surface area contributed by atoms with Crippen molar-refractivity contribution in [3.8, 4) is 0 Å². The van der Waals surface area contributed by atoms with Crippen LogP contribution >= 0.6 is 0 Å². The molecule has 7 atom stereocenters. The van der Waals surface area contributed by atoms with Gasteiger partial charge < -0.3 is 45.1 Å². The van der Waals surface area contributed by atoms with Gasteiger partial charge >= 0.3 is 5.97 Å². The fourth-order valence-electron chi connectivity index (χ4n) is 11.1. The van der Waals surface area contributed by atoms with Crippen LogP contribution in [0.2, 0.25) is 0 Å². The third kappa shape index (κ3) is 51.9. The van der Waals surface area contributed by atoms with E-state index in [4.69, 9.17) is 14.2 Å². The van der Waals surface area contributed by atoms with Crippen LogP contribution in [0.3, 0.4) is 0 Å². The van der Waals surface area contributed by atoms with E-state index in [0.29, 0.717) is 19.4 Å². The Morgan fingerprint density at radius 1 is 0.435 bits per heavy atom. The van der Waals surface area contributed by atoms with Gasteiger partial charge in [0, 0.05) is 12.8 Å². The fraction of sp³-hybridized carbons (Fsp3) is 0.838. The van der Waals surface area contributed by atoms with Gasteiger partial charge in [0.2, 0.25) is 5.91 Å². The lowest BCUT2D eigenvalue weighted by Crippen LogP contribution is -2.60. The number of carbonyl (C=O) groups is 2. The van der Waals surface area contributed by atoms with Crippen LogP contribution in [-0.2, 0) is 23.8 Å². The van der Waals surface area contributed by atoms with E-state index in [1.165, 1.54) is 238 Å². The number of allylic oxidation sites excluding steroid dienone is 9. The monoisotopic (exact) mass is 1200 g/mol. The van der Waals surface area contributed by atoms with E-state index >= 15 is 0 Å². The van der Waals surface area contributed by atoms with Crippen molar-refractivity contribution in [1.29, 1.82) is 0 Å². The molecule has 1 saturated heterocycles. The minimum Gasteiger partial charge on any atom is -0.466 e. The van der Waals surface area contributed by atoms with Gasteiger partial charge in [0.05, 0.1) is 32.0 Å². The lowest BCUT2D eigenvalue weighted by molar-refractivity contribution is -0.302.